The van der Waals surface area contributed by atoms with Gasteiger partial charge in [0.25, 0.3) is 5.91 Å². The Kier molecular flexibility index (Phi) is 3.95. The predicted octanol–water partition coefficient (Wildman–Crippen LogP) is 1.88. The van der Waals surface area contributed by atoms with E-state index >= 15 is 0 Å². The molecule has 3 rings (SSSR count). The molecule has 0 aliphatic carbocycles. The first-order chi connectivity index (χ1) is 10.8. The number of hydrogen-bond acceptors (Lipinski definition) is 4. The molecule has 2 aliphatic rings. The summed E-state index contributed by atoms with van der Waals surface area (Å²) in [5.41, 5.74) is -0.567. The number of hydrogen-bond donors (Lipinski definition) is 1. The summed E-state index contributed by atoms with van der Waals surface area (Å²) >= 11 is 0. The number of rotatable bonds is 2. The van der Waals surface area contributed by atoms with Gasteiger partial charge in [-0.3, -0.25) is 4.79 Å². The lowest BCUT2D eigenvalue weighted by atomic mass is 10.0. The third-order valence-electron chi connectivity index (χ3n) is 4.08. The molecule has 1 saturated heterocycles. The molecule has 1 fully saturated rings. The second-order valence-electron chi connectivity index (χ2n) is 6.32. The minimum absolute atomic E-state index is 0.143. The molecule has 0 spiro atoms. The standard InChI is InChI=1S/C15H19F3N4O/c1-9(2)8-22-11-5-10(15(16,17)18)6-20-13(11)21-4-3-19-7-12(21)14(22)23/h5-6,9,12,19H,3-4,7-8H2,1-2H3/t12-/m1/s1. The van der Waals surface area contributed by atoms with Gasteiger partial charge in [-0.1, -0.05) is 13.8 Å². The molecule has 0 bridgehead atoms. The van der Waals surface area contributed by atoms with Gasteiger partial charge in [0.2, 0.25) is 0 Å². The van der Waals surface area contributed by atoms with Crippen molar-refractivity contribution in [2.45, 2.75) is 26.1 Å². The first-order valence-electron chi connectivity index (χ1n) is 7.65. The van der Waals surface area contributed by atoms with Crippen LogP contribution in [-0.4, -0.2) is 43.1 Å². The van der Waals surface area contributed by atoms with Gasteiger partial charge in [0.1, 0.15) is 6.04 Å². The van der Waals surface area contributed by atoms with Crippen LogP contribution in [0.1, 0.15) is 19.4 Å². The number of nitrogens with one attached hydrogen (secondary N) is 1. The number of aromatic nitrogens is 1. The van der Waals surface area contributed by atoms with Gasteiger partial charge >= 0.3 is 6.18 Å². The van der Waals surface area contributed by atoms with Crippen LogP contribution < -0.4 is 15.1 Å². The van der Waals surface area contributed by atoms with Gasteiger partial charge in [-0.05, 0) is 12.0 Å². The highest BCUT2D eigenvalue weighted by Gasteiger charge is 2.42. The first-order valence-corrected chi connectivity index (χ1v) is 7.65. The second kappa shape index (κ2) is 5.67. The van der Waals surface area contributed by atoms with Gasteiger partial charge in [0, 0.05) is 32.4 Å². The highest BCUT2D eigenvalue weighted by molar-refractivity contribution is 6.05. The molecular formula is C15H19F3N4O. The molecule has 0 unspecified atom stereocenters. The third-order valence-corrected chi connectivity index (χ3v) is 4.08. The Morgan fingerprint density at radius 2 is 2.17 bits per heavy atom. The van der Waals surface area contributed by atoms with Crippen LogP contribution in [0.2, 0.25) is 0 Å². The Balaban J connectivity index is 2.10. The zero-order valence-corrected chi connectivity index (χ0v) is 13.0. The van der Waals surface area contributed by atoms with Crippen LogP contribution in [0.25, 0.3) is 0 Å². The maximum Gasteiger partial charge on any atom is 0.417 e. The number of carbonyl (C=O) groups is 1. The second-order valence-corrected chi connectivity index (χ2v) is 6.32. The highest BCUT2D eigenvalue weighted by Crippen LogP contribution is 2.39. The minimum atomic E-state index is -4.48. The number of anilines is 2. The van der Waals surface area contributed by atoms with E-state index in [9.17, 15) is 18.0 Å². The van der Waals surface area contributed by atoms with E-state index < -0.39 is 17.8 Å². The number of nitrogens with zero attached hydrogens (tertiary/aromatic N) is 3. The smallest absolute Gasteiger partial charge is 0.340 e. The number of alkyl halides is 3. The van der Waals surface area contributed by atoms with Crippen molar-refractivity contribution in [2.75, 3.05) is 36.0 Å². The van der Waals surface area contributed by atoms with Crippen molar-refractivity contribution in [1.82, 2.24) is 10.3 Å². The zero-order valence-electron chi connectivity index (χ0n) is 13.0. The molecule has 0 saturated carbocycles. The van der Waals surface area contributed by atoms with E-state index in [0.717, 1.165) is 12.3 Å². The maximum absolute atomic E-state index is 13.0. The van der Waals surface area contributed by atoms with Crippen molar-refractivity contribution < 1.29 is 18.0 Å². The summed E-state index contributed by atoms with van der Waals surface area (Å²) in [7, 11) is 0. The number of piperazine rings is 1. The number of amides is 1. The molecule has 1 N–H and O–H groups in total. The van der Waals surface area contributed by atoms with Crippen LogP contribution >= 0.6 is 0 Å². The molecule has 3 heterocycles. The molecule has 2 aliphatic heterocycles. The zero-order chi connectivity index (χ0) is 16.8. The number of halogens is 3. The van der Waals surface area contributed by atoms with Crippen molar-refractivity contribution in [3.8, 4) is 0 Å². The number of fused-ring (bicyclic) bond motifs is 3. The summed E-state index contributed by atoms with van der Waals surface area (Å²) in [5.74, 6) is 0.439. The molecule has 8 heteroatoms. The molecule has 5 nitrogen and oxygen atoms in total. The summed E-state index contributed by atoms with van der Waals surface area (Å²) in [6, 6.07) is 0.639. The molecule has 1 aromatic rings. The summed E-state index contributed by atoms with van der Waals surface area (Å²) in [4.78, 5) is 20.1. The molecule has 1 atom stereocenters. The largest absolute Gasteiger partial charge is 0.417 e. The van der Waals surface area contributed by atoms with Crippen LogP contribution in [0, 0.1) is 5.92 Å². The summed E-state index contributed by atoms with van der Waals surface area (Å²) in [6.07, 6.45) is -3.63. The van der Waals surface area contributed by atoms with Gasteiger partial charge in [-0.2, -0.15) is 13.2 Å². The molecule has 126 valence electrons. The van der Waals surface area contributed by atoms with E-state index in [2.05, 4.69) is 10.3 Å². The van der Waals surface area contributed by atoms with E-state index in [4.69, 9.17) is 0 Å². The first kappa shape index (κ1) is 16.0. The fraction of sp³-hybridized carbons (Fsp3) is 0.600. The van der Waals surface area contributed by atoms with Crippen LogP contribution in [0.4, 0.5) is 24.7 Å². The predicted molar refractivity (Wildman–Crippen MR) is 80.4 cm³/mol. The van der Waals surface area contributed by atoms with Crippen LogP contribution in [0.5, 0.6) is 0 Å². The Labute approximate surface area is 132 Å². The Morgan fingerprint density at radius 3 is 2.83 bits per heavy atom. The monoisotopic (exact) mass is 328 g/mol. The molecular weight excluding hydrogens is 309 g/mol. The van der Waals surface area contributed by atoms with E-state index in [0.29, 0.717) is 32.0 Å². The molecule has 0 radical (unpaired) electrons. The van der Waals surface area contributed by atoms with Crippen LogP contribution in [0.15, 0.2) is 12.3 Å². The number of pyridine rings is 1. The average Bonchev–Trinajstić information content (AvgIpc) is 2.50. The highest BCUT2D eigenvalue weighted by atomic mass is 19.4. The fourth-order valence-corrected chi connectivity index (χ4v) is 3.05. The van der Waals surface area contributed by atoms with Gasteiger partial charge in [-0.15, -0.1) is 0 Å². The lowest BCUT2D eigenvalue weighted by Crippen LogP contribution is -2.62. The molecule has 23 heavy (non-hydrogen) atoms. The topological polar surface area (TPSA) is 48.5 Å². The van der Waals surface area contributed by atoms with E-state index in [1.165, 1.54) is 4.90 Å². The Morgan fingerprint density at radius 1 is 1.43 bits per heavy atom. The molecule has 1 amide bonds. The number of carbonyl (C=O) groups excluding carboxylic acids is 1. The SMILES string of the molecule is CC(C)CN1C(=O)[C@H]2CNCCN2c2ncc(C(F)(F)F)cc21. The van der Waals surface area contributed by atoms with Crippen molar-refractivity contribution in [3.63, 3.8) is 0 Å². The van der Waals surface area contributed by atoms with Gasteiger partial charge in [0.05, 0.1) is 11.3 Å². The minimum Gasteiger partial charge on any atom is -0.340 e. The maximum atomic E-state index is 13.0. The molecule has 0 aromatic carbocycles. The quantitative estimate of drug-likeness (QED) is 0.901. The van der Waals surface area contributed by atoms with Crippen LogP contribution in [0.3, 0.4) is 0 Å². The third kappa shape index (κ3) is 2.87. The van der Waals surface area contributed by atoms with E-state index in [1.807, 2.05) is 18.7 Å². The summed E-state index contributed by atoms with van der Waals surface area (Å²) in [5, 5.41) is 3.16. The van der Waals surface area contributed by atoms with Crippen molar-refractivity contribution in [3.05, 3.63) is 17.8 Å². The van der Waals surface area contributed by atoms with Gasteiger partial charge in [0.15, 0.2) is 5.82 Å². The average molecular weight is 328 g/mol. The van der Waals surface area contributed by atoms with E-state index in [1.54, 1.807) is 0 Å². The molecule has 1 aromatic heterocycles. The summed E-state index contributed by atoms with van der Waals surface area (Å²) in [6.45, 7) is 5.95. The van der Waals surface area contributed by atoms with Crippen LogP contribution in [-0.2, 0) is 11.0 Å². The fourth-order valence-electron chi connectivity index (χ4n) is 3.05. The lowest BCUT2D eigenvalue weighted by Gasteiger charge is -2.45. The van der Waals surface area contributed by atoms with Gasteiger partial charge in [-0.25, -0.2) is 4.98 Å². The summed E-state index contributed by atoms with van der Waals surface area (Å²) < 4.78 is 39.0. The van der Waals surface area contributed by atoms with Crippen molar-refractivity contribution in [1.29, 1.82) is 0 Å². The normalized spacial score (nSPS) is 21.5. The van der Waals surface area contributed by atoms with Crippen molar-refractivity contribution >= 4 is 17.4 Å². The Hall–Kier alpha value is -1.83. The van der Waals surface area contributed by atoms with E-state index in [-0.39, 0.29) is 17.5 Å². The lowest BCUT2D eigenvalue weighted by molar-refractivity contribution is -0.137. The van der Waals surface area contributed by atoms with Crippen molar-refractivity contribution in [2.24, 2.45) is 5.92 Å². The Bertz CT molecular complexity index is 617. The van der Waals surface area contributed by atoms with Gasteiger partial charge < -0.3 is 15.1 Å².